The molecular formula is C15H24N2O3. The number of hydrogen-bond acceptors (Lipinski definition) is 3. The molecule has 1 amide bonds. The number of fused-ring (bicyclic) bond motifs is 2. The van der Waals surface area contributed by atoms with Crippen LogP contribution in [-0.4, -0.2) is 40.5 Å². The third-order valence-corrected chi connectivity index (χ3v) is 5.74. The molecule has 3 aliphatic rings. The van der Waals surface area contributed by atoms with Crippen LogP contribution in [0.3, 0.4) is 0 Å². The quantitative estimate of drug-likeness (QED) is 0.792. The molecule has 1 aliphatic heterocycles. The van der Waals surface area contributed by atoms with Crippen LogP contribution in [0.2, 0.25) is 0 Å². The molecule has 6 atom stereocenters. The maximum atomic E-state index is 12.8. The lowest BCUT2D eigenvalue weighted by molar-refractivity contribution is -0.157. The van der Waals surface area contributed by atoms with Gasteiger partial charge >= 0.3 is 5.97 Å². The van der Waals surface area contributed by atoms with E-state index in [2.05, 4.69) is 0 Å². The number of aliphatic carboxylic acids is 1. The van der Waals surface area contributed by atoms with Crippen LogP contribution >= 0.6 is 0 Å². The van der Waals surface area contributed by atoms with E-state index < -0.39 is 12.0 Å². The molecule has 20 heavy (non-hydrogen) atoms. The second kappa shape index (κ2) is 5.02. The first-order valence-corrected chi connectivity index (χ1v) is 7.79. The Kier molecular flexibility index (Phi) is 3.48. The Morgan fingerprint density at radius 2 is 1.90 bits per heavy atom. The predicted octanol–water partition coefficient (Wildman–Crippen LogP) is 1.07. The maximum Gasteiger partial charge on any atom is 0.326 e. The SMILES string of the molecule is CC1CCCN(C(=O)C2C3CCC(C3)C2N)C1C(=O)O. The summed E-state index contributed by atoms with van der Waals surface area (Å²) in [6.45, 7) is 2.50. The van der Waals surface area contributed by atoms with Crippen molar-refractivity contribution in [2.75, 3.05) is 6.54 Å². The fourth-order valence-corrected chi connectivity index (χ4v) is 4.71. The van der Waals surface area contributed by atoms with Gasteiger partial charge in [0.15, 0.2) is 0 Å². The molecule has 1 heterocycles. The van der Waals surface area contributed by atoms with Gasteiger partial charge in [0.05, 0.1) is 5.92 Å². The molecule has 3 rings (SSSR count). The zero-order chi connectivity index (χ0) is 14.4. The molecule has 3 fully saturated rings. The number of nitrogens with two attached hydrogens (primary N) is 1. The summed E-state index contributed by atoms with van der Waals surface area (Å²) in [4.78, 5) is 26.0. The van der Waals surface area contributed by atoms with Gasteiger partial charge in [-0.25, -0.2) is 4.79 Å². The lowest BCUT2D eigenvalue weighted by Crippen LogP contribution is -2.56. The van der Waals surface area contributed by atoms with Crippen LogP contribution in [0.1, 0.15) is 39.0 Å². The van der Waals surface area contributed by atoms with Crippen LogP contribution in [0.15, 0.2) is 0 Å². The van der Waals surface area contributed by atoms with Gasteiger partial charge in [-0.2, -0.15) is 0 Å². The third-order valence-electron chi connectivity index (χ3n) is 5.74. The molecule has 112 valence electrons. The van der Waals surface area contributed by atoms with Crippen molar-refractivity contribution >= 4 is 11.9 Å². The summed E-state index contributed by atoms with van der Waals surface area (Å²) >= 11 is 0. The lowest BCUT2D eigenvalue weighted by atomic mass is 9.82. The van der Waals surface area contributed by atoms with Gasteiger partial charge in [0.1, 0.15) is 6.04 Å². The Balaban J connectivity index is 1.80. The Labute approximate surface area is 119 Å². The van der Waals surface area contributed by atoms with Gasteiger partial charge in [-0.15, -0.1) is 0 Å². The Bertz CT molecular complexity index is 423. The Morgan fingerprint density at radius 1 is 1.20 bits per heavy atom. The number of hydrogen-bond donors (Lipinski definition) is 2. The fraction of sp³-hybridized carbons (Fsp3) is 0.867. The number of carbonyl (C=O) groups excluding carboxylic acids is 1. The molecule has 1 saturated heterocycles. The summed E-state index contributed by atoms with van der Waals surface area (Å²) in [5.74, 6) is -0.125. The average Bonchev–Trinajstić information content (AvgIpc) is 2.98. The topological polar surface area (TPSA) is 83.6 Å². The molecule has 6 unspecified atom stereocenters. The number of carbonyl (C=O) groups is 2. The highest BCUT2D eigenvalue weighted by Crippen LogP contribution is 2.48. The van der Waals surface area contributed by atoms with Gasteiger partial charge in [-0.3, -0.25) is 4.79 Å². The van der Waals surface area contributed by atoms with Gasteiger partial charge < -0.3 is 15.7 Å². The summed E-state index contributed by atoms with van der Waals surface area (Å²) in [6, 6.07) is -0.726. The first-order valence-electron chi connectivity index (χ1n) is 7.79. The molecule has 3 N–H and O–H groups in total. The van der Waals surface area contributed by atoms with Crippen LogP contribution in [0.25, 0.3) is 0 Å². The largest absolute Gasteiger partial charge is 0.480 e. The molecule has 2 aliphatic carbocycles. The van der Waals surface area contributed by atoms with Crippen LogP contribution in [0.5, 0.6) is 0 Å². The minimum Gasteiger partial charge on any atom is -0.480 e. The normalized spacial score (nSPS) is 43.8. The van der Waals surface area contributed by atoms with Crippen molar-refractivity contribution in [2.24, 2.45) is 29.4 Å². The van der Waals surface area contributed by atoms with E-state index in [0.717, 1.165) is 32.1 Å². The second-order valence-corrected chi connectivity index (χ2v) is 6.87. The first-order chi connectivity index (χ1) is 9.50. The van der Waals surface area contributed by atoms with Crippen LogP contribution in [-0.2, 0) is 9.59 Å². The highest BCUT2D eigenvalue weighted by molar-refractivity contribution is 5.86. The van der Waals surface area contributed by atoms with Gasteiger partial charge in [0.2, 0.25) is 5.91 Å². The smallest absolute Gasteiger partial charge is 0.326 e. The number of likely N-dealkylation sites (tertiary alicyclic amines) is 1. The average molecular weight is 280 g/mol. The molecule has 0 aromatic heterocycles. The van der Waals surface area contributed by atoms with Crippen LogP contribution in [0, 0.1) is 23.7 Å². The van der Waals surface area contributed by atoms with Gasteiger partial charge in [0, 0.05) is 12.6 Å². The van der Waals surface area contributed by atoms with Crippen molar-refractivity contribution in [3.05, 3.63) is 0 Å². The monoisotopic (exact) mass is 280 g/mol. The Morgan fingerprint density at radius 3 is 2.50 bits per heavy atom. The highest BCUT2D eigenvalue weighted by Gasteiger charge is 2.52. The molecule has 0 spiro atoms. The molecule has 5 heteroatoms. The number of amides is 1. The summed E-state index contributed by atoms with van der Waals surface area (Å²) in [6.07, 6.45) is 5.04. The van der Waals surface area contributed by atoms with E-state index >= 15 is 0 Å². The van der Waals surface area contributed by atoms with E-state index in [-0.39, 0.29) is 23.8 Å². The number of carboxylic acids is 1. The minimum absolute atomic E-state index is 0.00338. The standard InChI is InChI=1S/C15H24N2O3/c1-8-3-2-6-17(13(8)15(19)20)14(18)11-9-4-5-10(7-9)12(11)16/h8-13H,2-7,16H2,1H3,(H,19,20). The summed E-state index contributed by atoms with van der Waals surface area (Å²) in [5, 5.41) is 9.44. The summed E-state index contributed by atoms with van der Waals surface area (Å²) in [7, 11) is 0. The van der Waals surface area contributed by atoms with E-state index in [1.54, 1.807) is 4.90 Å². The zero-order valence-corrected chi connectivity index (χ0v) is 12.0. The molecule has 5 nitrogen and oxygen atoms in total. The lowest BCUT2D eigenvalue weighted by Gasteiger charge is -2.40. The van der Waals surface area contributed by atoms with Crippen LogP contribution < -0.4 is 5.73 Å². The zero-order valence-electron chi connectivity index (χ0n) is 12.0. The molecule has 0 aromatic carbocycles. The van der Waals surface area contributed by atoms with Gasteiger partial charge in [-0.05, 0) is 49.9 Å². The number of nitrogens with zero attached hydrogens (tertiary/aromatic N) is 1. The van der Waals surface area contributed by atoms with E-state index in [1.165, 1.54) is 0 Å². The van der Waals surface area contributed by atoms with Crippen LogP contribution in [0.4, 0.5) is 0 Å². The van der Waals surface area contributed by atoms with Crippen molar-refractivity contribution in [1.82, 2.24) is 4.90 Å². The van der Waals surface area contributed by atoms with E-state index in [9.17, 15) is 14.7 Å². The fourth-order valence-electron chi connectivity index (χ4n) is 4.71. The van der Waals surface area contributed by atoms with E-state index in [0.29, 0.717) is 18.4 Å². The van der Waals surface area contributed by atoms with Crippen molar-refractivity contribution in [2.45, 2.75) is 51.1 Å². The molecule has 2 saturated carbocycles. The summed E-state index contributed by atoms with van der Waals surface area (Å²) in [5.41, 5.74) is 6.23. The first kappa shape index (κ1) is 13.9. The van der Waals surface area contributed by atoms with Crippen molar-refractivity contribution in [1.29, 1.82) is 0 Å². The molecular weight excluding hydrogens is 256 g/mol. The Hall–Kier alpha value is -1.10. The maximum absolute atomic E-state index is 12.8. The van der Waals surface area contributed by atoms with Crippen molar-refractivity contribution in [3.63, 3.8) is 0 Å². The number of piperidine rings is 1. The predicted molar refractivity (Wildman–Crippen MR) is 73.8 cm³/mol. The highest BCUT2D eigenvalue weighted by atomic mass is 16.4. The third kappa shape index (κ3) is 2.03. The molecule has 2 bridgehead atoms. The number of carboxylic acid groups (broad SMARTS) is 1. The van der Waals surface area contributed by atoms with E-state index in [1.807, 2.05) is 6.92 Å². The minimum atomic E-state index is -0.873. The van der Waals surface area contributed by atoms with Gasteiger partial charge in [0.25, 0.3) is 0 Å². The van der Waals surface area contributed by atoms with Gasteiger partial charge in [-0.1, -0.05) is 6.92 Å². The number of rotatable bonds is 2. The second-order valence-electron chi connectivity index (χ2n) is 6.87. The molecule has 0 aromatic rings. The van der Waals surface area contributed by atoms with Crippen molar-refractivity contribution in [3.8, 4) is 0 Å². The molecule has 0 radical (unpaired) electrons. The van der Waals surface area contributed by atoms with E-state index in [4.69, 9.17) is 5.73 Å². The van der Waals surface area contributed by atoms with Crippen molar-refractivity contribution < 1.29 is 14.7 Å². The summed E-state index contributed by atoms with van der Waals surface area (Å²) < 4.78 is 0.